The molecule has 0 bridgehead atoms. The SMILES string of the molecule is COCc1cccc(NC/C=C/CCl)c1. The van der Waals surface area contributed by atoms with Crippen LogP contribution in [-0.2, 0) is 11.3 Å². The van der Waals surface area contributed by atoms with Gasteiger partial charge in [-0.05, 0) is 17.7 Å². The summed E-state index contributed by atoms with van der Waals surface area (Å²) in [6.07, 6.45) is 3.93. The lowest BCUT2D eigenvalue weighted by molar-refractivity contribution is 0.185. The van der Waals surface area contributed by atoms with Crippen LogP contribution in [0.25, 0.3) is 0 Å². The number of methoxy groups -OCH3 is 1. The maximum atomic E-state index is 5.52. The van der Waals surface area contributed by atoms with Crippen LogP contribution in [0.3, 0.4) is 0 Å². The minimum absolute atomic E-state index is 0.561. The van der Waals surface area contributed by atoms with Gasteiger partial charge in [0.05, 0.1) is 6.61 Å². The highest BCUT2D eigenvalue weighted by atomic mass is 35.5. The molecule has 1 aromatic carbocycles. The molecule has 0 heterocycles. The lowest BCUT2D eigenvalue weighted by Crippen LogP contribution is -1.99. The number of hydrogen-bond acceptors (Lipinski definition) is 2. The van der Waals surface area contributed by atoms with Gasteiger partial charge < -0.3 is 10.1 Å². The van der Waals surface area contributed by atoms with Crippen molar-refractivity contribution in [2.24, 2.45) is 0 Å². The molecule has 3 heteroatoms. The Hall–Kier alpha value is -0.990. The summed E-state index contributed by atoms with van der Waals surface area (Å²) >= 11 is 5.52. The maximum Gasteiger partial charge on any atom is 0.0713 e. The fourth-order valence-electron chi connectivity index (χ4n) is 1.26. The van der Waals surface area contributed by atoms with Gasteiger partial charge in [-0.15, -0.1) is 11.6 Å². The summed E-state index contributed by atoms with van der Waals surface area (Å²) in [6.45, 7) is 1.44. The fourth-order valence-corrected chi connectivity index (χ4v) is 1.39. The first-order valence-corrected chi connectivity index (χ1v) is 5.43. The second kappa shape index (κ2) is 7.32. The summed E-state index contributed by atoms with van der Waals surface area (Å²) in [5.41, 5.74) is 2.27. The van der Waals surface area contributed by atoms with Crippen LogP contribution in [0.2, 0.25) is 0 Å². The monoisotopic (exact) mass is 225 g/mol. The smallest absolute Gasteiger partial charge is 0.0713 e. The van der Waals surface area contributed by atoms with Gasteiger partial charge in [0.25, 0.3) is 0 Å². The first-order valence-electron chi connectivity index (χ1n) is 4.89. The van der Waals surface area contributed by atoms with Gasteiger partial charge in [0, 0.05) is 25.2 Å². The molecule has 0 amide bonds. The average molecular weight is 226 g/mol. The van der Waals surface area contributed by atoms with E-state index in [9.17, 15) is 0 Å². The Morgan fingerprint density at radius 3 is 3.00 bits per heavy atom. The Bertz CT molecular complexity index is 312. The van der Waals surface area contributed by atoms with Crippen molar-refractivity contribution in [1.29, 1.82) is 0 Å². The van der Waals surface area contributed by atoms with Gasteiger partial charge in [-0.25, -0.2) is 0 Å². The topological polar surface area (TPSA) is 21.3 Å². The number of anilines is 1. The number of hydrogen-bond donors (Lipinski definition) is 1. The fraction of sp³-hybridized carbons (Fsp3) is 0.333. The highest BCUT2D eigenvalue weighted by Gasteiger charge is 1.93. The first-order chi connectivity index (χ1) is 7.36. The molecule has 1 rings (SSSR count). The van der Waals surface area contributed by atoms with Crippen LogP contribution >= 0.6 is 11.6 Å². The molecule has 0 saturated heterocycles. The molecule has 0 aliphatic heterocycles. The summed E-state index contributed by atoms with van der Waals surface area (Å²) < 4.78 is 5.07. The van der Waals surface area contributed by atoms with Gasteiger partial charge in [-0.3, -0.25) is 0 Å². The average Bonchev–Trinajstić information content (AvgIpc) is 2.26. The van der Waals surface area contributed by atoms with E-state index in [1.54, 1.807) is 7.11 Å². The van der Waals surface area contributed by atoms with Crippen molar-refractivity contribution in [2.45, 2.75) is 6.61 Å². The number of ether oxygens (including phenoxy) is 1. The predicted molar refractivity (Wildman–Crippen MR) is 65.5 cm³/mol. The van der Waals surface area contributed by atoms with Crippen LogP contribution in [0, 0.1) is 0 Å². The Labute approximate surface area is 95.9 Å². The van der Waals surface area contributed by atoms with E-state index in [2.05, 4.69) is 11.4 Å². The van der Waals surface area contributed by atoms with Gasteiger partial charge in [-0.1, -0.05) is 24.3 Å². The van der Waals surface area contributed by atoms with Crippen molar-refractivity contribution in [1.82, 2.24) is 0 Å². The summed E-state index contributed by atoms with van der Waals surface area (Å²) in [4.78, 5) is 0. The Morgan fingerprint density at radius 1 is 1.40 bits per heavy atom. The molecule has 15 heavy (non-hydrogen) atoms. The largest absolute Gasteiger partial charge is 0.382 e. The molecule has 0 saturated carbocycles. The zero-order valence-electron chi connectivity index (χ0n) is 8.87. The van der Waals surface area contributed by atoms with Gasteiger partial charge in [-0.2, -0.15) is 0 Å². The van der Waals surface area contributed by atoms with E-state index in [0.717, 1.165) is 12.2 Å². The molecular weight excluding hydrogens is 210 g/mol. The van der Waals surface area contributed by atoms with Crippen LogP contribution in [0.15, 0.2) is 36.4 Å². The van der Waals surface area contributed by atoms with Crippen LogP contribution in [0.5, 0.6) is 0 Å². The minimum atomic E-state index is 0.561. The van der Waals surface area contributed by atoms with E-state index in [0.29, 0.717) is 12.5 Å². The predicted octanol–water partition coefficient (Wildman–Crippen LogP) is 3.04. The molecule has 0 fully saturated rings. The first kappa shape index (κ1) is 12.1. The van der Waals surface area contributed by atoms with Crippen LogP contribution < -0.4 is 5.32 Å². The standard InChI is InChI=1S/C12H16ClNO/c1-15-10-11-5-4-6-12(9-11)14-8-3-2-7-13/h2-6,9,14H,7-8,10H2,1H3/b3-2+. The lowest BCUT2D eigenvalue weighted by Gasteiger charge is -2.05. The third kappa shape index (κ3) is 4.86. The number of allylic oxidation sites excluding steroid dienone is 1. The van der Waals surface area contributed by atoms with Crippen LogP contribution in [-0.4, -0.2) is 19.5 Å². The second-order valence-electron chi connectivity index (χ2n) is 3.14. The molecule has 0 aromatic heterocycles. The molecule has 0 atom stereocenters. The minimum Gasteiger partial charge on any atom is -0.382 e. The highest BCUT2D eigenvalue weighted by molar-refractivity contribution is 6.18. The Balaban J connectivity index is 2.46. The van der Waals surface area contributed by atoms with E-state index >= 15 is 0 Å². The molecule has 0 aliphatic rings. The molecule has 2 nitrogen and oxygen atoms in total. The van der Waals surface area contributed by atoms with E-state index in [4.69, 9.17) is 16.3 Å². The number of rotatable bonds is 6. The normalized spacial score (nSPS) is 10.8. The summed E-state index contributed by atoms with van der Waals surface area (Å²) in [5, 5.41) is 3.28. The van der Waals surface area contributed by atoms with Gasteiger partial charge >= 0.3 is 0 Å². The molecular formula is C12H16ClNO. The third-order valence-corrected chi connectivity index (χ3v) is 2.10. The van der Waals surface area contributed by atoms with Crippen molar-refractivity contribution in [3.8, 4) is 0 Å². The Morgan fingerprint density at radius 2 is 2.27 bits per heavy atom. The van der Waals surface area contributed by atoms with Crippen molar-refractivity contribution >= 4 is 17.3 Å². The number of benzene rings is 1. The molecule has 1 aromatic rings. The van der Waals surface area contributed by atoms with E-state index < -0.39 is 0 Å². The molecule has 0 aliphatic carbocycles. The Kier molecular flexibility index (Phi) is 5.90. The van der Waals surface area contributed by atoms with Crippen LogP contribution in [0.1, 0.15) is 5.56 Å². The molecule has 82 valence electrons. The molecule has 0 spiro atoms. The second-order valence-corrected chi connectivity index (χ2v) is 3.45. The third-order valence-electron chi connectivity index (χ3n) is 1.92. The zero-order chi connectivity index (χ0) is 10.9. The lowest BCUT2D eigenvalue weighted by atomic mass is 10.2. The van der Waals surface area contributed by atoms with Crippen LogP contribution in [0.4, 0.5) is 5.69 Å². The summed E-state index contributed by atoms with van der Waals surface area (Å²) in [6, 6.07) is 8.18. The summed E-state index contributed by atoms with van der Waals surface area (Å²) in [5.74, 6) is 0.561. The maximum absolute atomic E-state index is 5.52. The number of alkyl halides is 1. The highest BCUT2D eigenvalue weighted by Crippen LogP contribution is 2.10. The van der Waals surface area contributed by atoms with Gasteiger partial charge in [0.1, 0.15) is 0 Å². The molecule has 0 unspecified atom stereocenters. The quantitative estimate of drug-likeness (QED) is 0.594. The molecule has 0 radical (unpaired) electrons. The van der Waals surface area contributed by atoms with E-state index in [1.165, 1.54) is 5.56 Å². The van der Waals surface area contributed by atoms with E-state index in [-0.39, 0.29) is 0 Å². The zero-order valence-corrected chi connectivity index (χ0v) is 9.63. The van der Waals surface area contributed by atoms with Gasteiger partial charge in [0.2, 0.25) is 0 Å². The number of nitrogens with one attached hydrogen (secondary N) is 1. The molecule has 1 N–H and O–H groups in total. The van der Waals surface area contributed by atoms with Crippen molar-refractivity contribution in [2.75, 3.05) is 24.9 Å². The van der Waals surface area contributed by atoms with E-state index in [1.807, 2.05) is 30.4 Å². The number of halogens is 1. The van der Waals surface area contributed by atoms with Crippen molar-refractivity contribution in [3.05, 3.63) is 42.0 Å². The summed E-state index contributed by atoms with van der Waals surface area (Å²) in [7, 11) is 1.70. The van der Waals surface area contributed by atoms with Crippen molar-refractivity contribution in [3.63, 3.8) is 0 Å². The van der Waals surface area contributed by atoms with Crippen molar-refractivity contribution < 1.29 is 4.74 Å². The van der Waals surface area contributed by atoms with Gasteiger partial charge in [0.15, 0.2) is 0 Å².